The highest BCUT2D eigenvalue weighted by atomic mass is 19.3. The van der Waals surface area contributed by atoms with Crippen LogP contribution in [0.15, 0.2) is 6.20 Å². The zero-order valence-corrected chi connectivity index (χ0v) is 8.21. The minimum atomic E-state index is -2.98. The Hall–Kier alpha value is -1.79. The predicted molar refractivity (Wildman–Crippen MR) is 47.0 cm³/mol. The fourth-order valence-corrected chi connectivity index (χ4v) is 1.25. The number of carboxylic acids is 1. The topological polar surface area (TPSA) is 59.4 Å². The molecule has 88 valence electrons. The summed E-state index contributed by atoms with van der Waals surface area (Å²) in [6.07, 6.45) is -3.18. The van der Waals surface area contributed by atoms with E-state index in [4.69, 9.17) is 5.11 Å². The van der Waals surface area contributed by atoms with Gasteiger partial charge in [-0.3, -0.25) is 9.78 Å². The summed E-state index contributed by atoms with van der Waals surface area (Å²) in [6.45, 7) is 0. The SMILES string of the molecule is COc1c(F)cnc(C(F)F)c1CC(=O)O. The van der Waals surface area contributed by atoms with E-state index in [2.05, 4.69) is 9.72 Å². The summed E-state index contributed by atoms with van der Waals surface area (Å²) in [6, 6.07) is 0. The Morgan fingerprint density at radius 3 is 2.69 bits per heavy atom. The highest BCUT2D eigenvalue weighted by Gasteiger charge is 2.23. The van der Waals surface area contributed by atoms with Gasteiger partial charge in [-0.2, -0.15) is 0 Å². The Morgan fingerprint density at radius 2 is 2.25 bits per heavy atom. The smallest absolute Gasteiger partial charge is 0.308 e. The molecular formula is C9H8F3NO3. The van der Waals surface area contributed by atoms with Gasteiger partial charge >= 0.3 is 5.97 Å². The normalized spacial score (nSPS) is 10.6. The average molecular weight is 235 g/mol. The van der Waals surface area contributed by atoms with Gasteiger partial charge in [0.1, 0.15) is 5.69 Å². The summed E-state index contributed by atoms with van der Waals surface area (Å²) in [7, 11) is 1.07. The maximum atomic E-state index is 13.1. The lowest BCUT2D eigenvalue weighted by atomic mass is 10.1. The van der Waals surface area contributed by atoms with E-state index in [0.717, 1.165) is 7.11 Å². The number of rotatable bonds is 4. The fraction of sp³-hybridized carbons (Fsp3) is 0.333. The second-order valence-electron chi connectivity index (χ2n) is 2.87. The number of alkyl halides is 2. The monoisotopic (exact) mass is 235 g/mol. The van der Waals surface area contributed by atoms with Gasteiger partial charge in [0.2, 0.25) is 0 Å². The van der Waals surface area contributed by atoms with Crippen molar-refractivity contribution in [1.29, 1.82) is 0 Å². The lowest BCUT2D eigenvalue weighted by molar-refractivity contribution is -0.136. The van der Waals surface area contributed by atoms with Crippen LogP contribution in [0.1, 0.15) is 17.7 Å². The average Bonchev–Trinajstić information content (AvgIpc) is 2.16. The van der Waals surface area contributed by atoms with E-state index in [0.29, 0.717) is 6.20 Å². The molecule has 0 saturated carbocycles. The van der Waals surface area contributed by atoms with Crippen LogP contribution in [-0.2, 0) is 11.2 Å². The number of aliphatic carboxylic acids is 1. The first-order valence-electron chi connectivity index (χ1n) is 4.18. The van der Waals surface area contributed by atoms with Crippen molar-refractivity contribution < 1.29 is 27.8 Å². The Bertz CT molecular complexity index is 409. The number of methoxy groups -OCH3 is 1. The summed E-state index contributed by atoms with van der Waals surface area (Å²) in [4.78, 5) is 13.6. The van der Waals surface area contributed by atoms with E-state index in [9.17, 15) is 18.0 Å². The molecule has 0 bridgehead atoms. The molecule has 0 radical (unpaired) electrons. The Morgan fingerprint density at radius 1 is 1.62 bits per heavy atom. The Balaban J connectivity index is 3.34. The van der Waals surface area contributed by atoms with Crippen LogP contribution in [0.4, 0.5) is 13.2 Å². The zero-order chi connectivity index (χ0) is 12.3. The van der Waals surface area contributed by atoms with E-state index in [1.807, 2.05) is 0 Å². The first-order valence-corrected chi connectivity index (χ1v) is 4.18. The van der Waals surface area contributed by atoms with Crippen LogP contribution in [0.5, 0.6) is 5.75 Å². The summed E-state index contributed by atoms with van der Waals surface area (Å²) >= 11 is 0. The zero-order valence-electron chi connectivity index (χ0n) is 8.21. The first-order chi connectivity index (χ1) is 7.47. The van der Waals surface area contributed by atoms with Crippen LogP contribution >= 0.6 is 0 Å². The third kappa shape index (κ3) is 2.41. The van der Waals surface area contributed by atoms with E-state index in [1.54, 1.807) is 0 Å². The molecule has 0 aliphatic rings. The molecule has 7 heteroatoms. The minimum Gasteiger partial charge on any atom is -0.493 e. The van der Waals surface area contributed by atoms with Crippen molar-refractivity contribution in [2.24, 2.45) is 0 Å². The van der Waals surface area contributed by atoms with Crippen LogP contribution in [0, 0.1) is 5.82 Å². The molecule has 0 unspecified atom stereocenters. The van der Waals surface area contributed by atoms with Gasteiger partial charge in [-0.25, -0.2) is 13.2 Å². The van der Waals surface area contributed by atoms with Crippen LogP contribution in [0.3, 0.4) is 0 Å². The van der Waals surface area contributed by atoms with Gasteiger partial charge < -0.3 is 9.84 Å². The summed E-state index contributed by atoms with van der Waals surface area (Å²) in [5, 5.41) is 8.53. The molecule has 0 atom stereocenters. The van der Waals surface area contributed by atoms with Gasteiger partial charge in [-0.05, 0) is 0 Å². The molecule has 0 aromatic carbocycles. The number of nitrogens with zero attached hydrogens (tertiary/aromatic N) is 1. The maximum Gasteiger partial charge on any atom is 0.308 e. The number of carboxylic acid groups (broad SMARTS) is 1. The lowest BCUT2D eigenvalue weighted by Gasteiger charge is -2.11. The number of carbonyl (C=O) groups is 1. The molecule has 4 nitrogen and oxygen atoms in total. The molecule has 0 saturated heterocycles. The Labute approximate surface area is 88.7 Å². The number of hydrogen-bond acceptors (Lipinski definition) is 3. The molecule has 0 amide bonds. The van der Waals surface area contributed by atoms with Gasteiger partial charge in [-0.1, -0.05) is 0 Å². The third-order valence-electron chi connectivity index (χ3n) is 1.86. The largest absolute Gasteiger partial charge is 0.493 e. The standard InChI is InChI=1S/C9H8F3NO3/c1-16-8-4(2-6(14)15)7(9(11)12)13-3-5(8)10/h3,9H,2H2,1H3,(H,14,15). The van der Waals surface area contributed by atoms with E-state index >= 15 is 0 Å². The van der Waals surface area contributed by atoms with Crippen molar-refractivity contribution in [2.45, 2.75) is 12.8 Å². The first kappa shape index (κ1) is 12.3. The maximum absolute atomic E-state index is 13.1. The van der Waals surface area contributed by atoms with Crippen LogP contribution in [0.25, 0.3) is 0 Å². The highest BCUT2D eigenvalue weighted by Crippen LogP contribution is 2.30. The van der Waals surface area contributed by atoms with Crippen molar-refractivity contribution in [3.8, 4) is 5.75 Å². The molecule has 1 aromatic heterocycles. The third-order valence-corrected chi connectivity index (χ3v) is 1.86. The van der Waals surface area contributed by atoms with Gasteiger partial charge in [0, 0.05) is 5.56 Å². The van der Waals surface area contributed by atoms with Gasteiger partial charge in [0.05, 0.1) is 19.7 Å². The summed E-state index contributed by atoms with van der Waals surface area (Å²) in [5.74, 6) is -2.84. The molecule has 1 aromatic rings. The quantitative estimate of drug-likeness (QED) is 0.864. The van der Waals surface area contributed by atoms with Crippen molar-refractivity contribution in [1.82, 2.24) is 4.98 Å². The van der Waals surface area contributed by atoms with E-state index in [-0.39, 0.29) is 0 Å². The molecule has 1 heterocycles. The van der Waals surface area contributed by atoms with E-state index < -0.39 is 41.6 Å². The second kappa shape index (κ2) is 4.82. The number of aromatic nitrogens is 1. The molecule has 0 aliphatic carbocycles. The van der Waals surface area contributed by atoms with Crippen molar-refractivity contribution in [3.63, 3.8) is 0 Å². The lowest BCUT2D eigenvalue weighted by Crippen LogP contribution is -2.09. The van der Waals surface area contributed by atoms with E-state index in [1.165, 1.54) is 0 Å². The highest BCUT2D eigenvalue weighted by molar-refractivity contribution is 5.71. The minimum absolute atomic E-state index is 0.440. The second-order valence-corrected chi connectivity index (χ2v) is 2.87. The van der Waals surface area contributed by atoms with Gasteiger partial charge in [0.25, 0.3) is 6.43 Å². The summed E-state index contributed by atoms with van der Waals surface area (Å²) in [5.41, 5.74) is -1.22. The molecule has 0 aliphatic heterocycles. The van der Waals surface area contributed by atoms with Crippen molar-refractivity contribution in [2.75, 3.05) is 7.11 Å². The van der Waals surface area contributed by atoms with Crippen molar-refractivity contribution >= 4 is 5.97 Å². The number of hydrogen-bond donors (Lipinski definition) is 1. The fourth-order valence-electron chi connectivity index (χ4n) is 1.25. The summed E-state index contributed by atoms with van der Waals surface area (Å²) < 4.78 is 42.7. The molecular weight excluding hydrogens is 227 g/mol. The molecule has 1 rings (SSSR count). The number of halogens is 3. The predicted octanol–water partition coefficient (Wildman–Crippen LogP) is 1.79. The Kier molecular flexibility index (Phi) is 3.70. The van der Waals surface area contributed by atoms with Crippen molar-refractivity contribution in [3.05, 3.63) is 23.3 Å². The molecule has 0 spiro atoms. The molecule has 16 heavy (non-hydrogen) atoms. The molecule has 0 fully saturated rings. The van der Waals surface area contributed by atoms with Gasteiger partial charge in [-0.15, -0.1) is 0 Å². The number of pyridine rings is 1. The van der Waals surface area contributed by atoms with Crippen LogP contribution < -0.4 is 4.74 Å². The van der Waals surface area contributed by atoms with Crippen LogP contribution in [0.2, 0.25) is 0 Å². The van der Waals surface area contributed by atoms with Gasteiger partial charge in [0.15, 0.2) is 11.6 Å². The molecule has 1 N–H and O–H groups in total. The van der Waals surface area contributed by atoms with Crippen LogP contribution in [-0.4, -0.2) is 23.2 Å². The number of ether oxygens (including phenoxy) is 1.